The number of benzene rings is 10. The maximum atomic E-state index is 2.42. The predicted molar refractivity (Wildman–Crippen MR) is 231 cm³/mol. The maximum Gasteiger partial charge on any atom is 0.0546 e. The van der Waals surface area contributed by atoms with Gasteiger partial charge in [-0.2, -0.15) is 0 Å². The number of hydrogen-bond acceptors (Lipinski definition) is 1. The highest BCUT2D eigenvalue weighted by atomic mass is 15.1. The Hall–Kier alpha value is -7.16. The monoisotopic (exact) mass is 686 g/mol. The molecule has 0 saturated carbocycles. The minimum absolute atomic E-state index is 1.10. The summed E-state index contributed by atoms with van der Waals surface area (Å²) < 4.78 is 2.38. The van der Waals surface area contributed by atoms with E-state index in [1.54, 1.807) is 0 Å². The van der Waals surface area contributed by atoms with Gasteiger partial charge < -0.3 is 9.47 Å². The molecule has 252 valence electrons. The molecule has 0 bridgehead atoms. The van der Waals surface area contributed by atoms with Crippen LogP contribution in [0, 0.1) is 0 Å². The van der Waals surface area contributed by atoms with Crippen molar-refractivity contribution in [3.05, 3.63) is 206 Å². The van der Waals surface area contributed by atoms with E-state index in [-0.39, 0.29) is 0 Å². The van der Waals surface area contributed by atoms with Crippen molar-refractivity contribution in [1.29, 1.82) is 0 Å². The van der Waals surface area contributed by atoms with Gasteiger partial charge in [-0.1, -0.05) is 146 Å². The van der Waals surface area contributed by atoms with Crippen LogP contribution in [-0.2, 0) is 0 Å². The van der Waals surface area contributed by atoms with E-state index < -0.39 is 0 Å². The first-order valence-electron chi connectivity index (χ1n) is 18.6. The summed E-state index contributed by atoms with van der Waals surface area (Å²) in [7, 11) is 0. The zero-order valence-corrected chi connectivity index (χ0v) is 29.5. The van der Waals surface area contributed by atoms with Crippen LogP contribution in [-0.4, -0.2) is 4.57 Å². The van der Waals surface area contributed by atoms with Crippen LogP contribution in [0.15, 0.2) is 206 Å². The first-order chi connectivity index (χ1) is 26.8. The summed E-state index contributed by atoms with van der Waals surface area (Å²) in [6.45, 7) is 0. The van der Waals surface area contributed by atoms with Crippen molar-refractivity contribution in [2.45, 2.75) is 0 Å². The molecule has 0 atom stereocenters. The zero-order chi connectivity index (χ0) is 35.6. The Labute approximate surface area is 313 Å². The number of nitrogens with zero attached hydrogens (tertiary/aromatic N) is 2. The van der Waals surface area contributed by atoms with E-state index in [4.69, 9.17) is 0 Å². The van der Waals surface area contributed by atoms with Gasteiger partial charge in [0, 0.05) is 33.2 Å². The molecular weight excluding hydrogens is 653 g/mol. The normalized spacial score (nSPS) is 11.7. The molecule has 0 aliphatic heterocycles. The van der Waals surface area contributed by atoms with E-state index >= 15 is 0 Å². The first kappa shape index (κ1) is 30.5. The summed E-state index contributed by atoms with van der Waals surface area (Å²) in [6.07, 6.45) is 0. The molecule has 10 aromatic carbocycles. The lowest BCUT2D eigenvalue weighted by Gasteiger charge is -2.28. The lowest BCUT2D eigenvalue weighted by molar-refractivity contribution is 1.17. The smallest absolute Gasteiger partial charge is 0.0546 e. The molecule has 0 fully saturated rings. The molecule has 1 heterocycles. The molecule has 0 aliphatic carbocycles. The van der Waals surface area contributed by atoms with Gasteiger partial charge in [-0.25, -0.2) is 0 Å². The summed E-state index contributed by atoms with van der Waals surface area (Å²) in [5, 5.41) is 12.6. The van der Waals surface area contributed by atoms with Gasteiger partial charge in [-0.05, 0) is 109 Å². The van der Waals surface area contributed by atoms with Crippen molar-refractivity contribution in [3.63, 3.8) is 0 Å². The Bertz CT molecular complexity index is 3150. The highest BCUT2D eigenvalue weighted by Gasteiger charge is 2.19. The highest BCUT2D eigenvalue weighted by Crippen LogP contribution is 2.44. The van der Waals surface area contributed by atoms with Crippen LogP contribution >= 0.6 is 0 Å². The second kappa shape index (κ2) is 12.2. The first-order valence-corrected chi connectivity index (χ1v) is 18.6. The molecule has 54 heavy (non-hydrogen) atoms. The molecule has 0 amide bonds. The Morgan fingerprint density at radius 2 is 0.741 bits per heavy atom. The number of para-hydroxylation sites is 2. The number of fused-ring (bicyclic) bond motifs is 9. The minimum atomic E-state index is 1.10. The summed E-state index contributed by atoms with van der Waals surface area (Å²) in [4.78, 5) is 2.42. The SMILES string of the molecule is c1ccc2c(c1)cc(-c1ccc(N(c3ccc(-n4c5ccccc5c5ccccc54)cc3)c3cc4ccccc4c4ccccc34)cc1)c1ccccc12. The van der Waals surface area contributed by atoms with Crippen molar-refractivity contribution in [1.82, 2.24) is 4.57 Å². The molecule has 0 aliphatic rings. The van der Waals surface area contributed by atoms with E-state index in [0.717, 1.165) is 22.7 Å². The second-order valence-electron chi connectivity index (χ2n) is 14.1. The van der Waals surface area contributed by atoms with Crippen molar-refractivity contribution in [3.8, 4) is 16.8 Å². The van der Waals surface area contributed by atoms with Gasteiger partial charge in [0.1, 0.15) is 0 Å². The Morgan fingerprint density at radius 3 is 1.33 bits per heavy atom. The summed E-state index contributed by atoms with van der Waals surface area (Å²) in [6, 6.07) is 75.3. The number of anilines is 3. The fraction of sp³-hybridized carbons (Fsp3) is 0. The van der Waals surface area contributed by atoms with E-state index in [1.165, 1.54) is 76.0 Å². The standard InChI is InChI=1S/C52H34N2/c1-3-15-41-36(13-1)33-49(45-19-6-5-17-43(41)45)35-25-27-38(28-26-35)53(52-34-37-14-2-4-16-42(37)44-18-7-8-20-46(44)52)39-29-31-40(32-30-39)54-50-23-11-9-21-47(50)48-22-10-12-24-51(48)54/h1-34H. The molecule has 0 unspecified atom stereocenters. The summed E-state index contributed by atoms with van der Waals surface area (Å²) in [5.41, 5.74) is 9.36. The van der Waals surface area contributed by atoms with Gasteiger partial charge in [-0.15, -0.1) is 0 Å². The number of hydrogen-bond donors (Lipinski definition) is 0. The second-order valence-corrected chi connectivity index (χ2v) is 14.1. The number of aromatic nitrogens is 1. The van der Waals surface area contributed by atoms with Crippen molar-refractivity contribution >= 4 is 82.0 Å². The highest BCUT2D eigenvalue weighted by molar-refractivity contribution is 6.16. The molecule has 0 spiro atoms. The van der Waals surface area contributed by atoms with Crippen molar-refractivity contribution in [2.75, 3.05) is 4.90 Å². The third-order valence-electron chi connectivity index (χ3n) is 11.1. The van der Waals surface area contributed by atoms with Gasteiger partial charge in [0.05, 0.1) is 16.7 Å². The number of rotatable bonds is 5. The molecule has 2 heteroatoms. The molecule has 1 aromatic heterocycles. The van der Waals surface area contributed by atoms with Gasteiger partial charge in [0.25, 0.3) is 0 Å². The van der Waals surface area contributed by atoms with Crippen molar-refractivity contribution in [2.24, 2.45) is 0 Å². The lowest BCUT2D eigenvalue weighted by Crippen LogP contribution is -2.11. The average molecular weight is 687 g/mol. The fourth-order valence-electron chi connectivity index (χ4n) is 8.68. The van der Waals surface area contributed by atoms with Crippen LogP contribution in [0.2, 0.25) is 0 Å². The van der Waals surface area contributed by atoms with Gasteiger partial charge in [0.15, 0.2) is 0 Å². The predicted octanol–water partition coefficient (Wildman–Crippen LogP) is 14.5. The molecule has 2 nitrogen and oxygen atoms in total. The van der Waals surface area contributed by atoms with Crippen LogP contribution in [0.4, 0.5) is 17.1 Å². The summed E-state index contributed by atoms with van der Waals surface area (Å²) in [5.74, 6) is 0. The van der Waals surface area contributed by atoms with Crippen LogP contribution in [0.25, 0.3) is 81.7 Å². The van der Waals surface area contributed by atoms with E-state index in [1.807, 2.05) is 0 Å². The summed E-state index contributed by atoms with van der Waals surface area (Å²) >= 11 is 0. The van der Waals surface area contributed by atoms with Gasteiger partial charge in [0.2, 0.25) is 0 Å². The van der Waals surface area contributed by atoms with Crippen LogP contribution in [0.1, 0.15) is 0 Å². The molecule has 0 saturated heterocycles. The van der Waals surface area contributed by atoms with E-state index in [9.17, 15) is 0 Å². The maximum absolute atomic E-state index is 2.42. The van der Waals surface area contributed by atoms with Crippen LogP contribution in [0.3, 0.4) is 0 Å². The van der Waals surface area contributed by atoms with Crippen LogP contribution < -0.4 is 4.90 Å². The Kier molecular flexibility index (Phi) is 6.90. The fourth-order valence-corrected chi connectivity index (χ4v) is 8.68. The minimum Gasteiger partial charge on any atom is -0.310 e. The zero-order valence-electron chi connectivity index (χ0n) is 29.5. The van der Waals surface area contributed by atoms with Crippen molar-refractivity contribution < 1.29 is 0 Å². The molecular formula is C52H34N2. The van der Waals surface area contributed by atoms with Gasteiger partial charge >= 0.3 is 0 Å². The quantitative estimate of drug-likeness (QED) is 0.164. The van der Waals surface area contributed by atoms with Gasteiger partial charge in [-0.3, -0.25) is 0 Å². The molecule has 0 N–H and O–H groups in total. The largest absolute Gasteiger partial charge is 0.310 e. The topological polar surface area (TPSA) is 8.17 Å². The third-order valence-corrected chi connectivity index (χ3v) is 11.1. The Morgan fingerprint density at radius 1 is 0.315 bits per heavy atom. The third kappa shape index (κ3) is 4.74. The molecule has 0 radical (unpaired) electrons. The Balaban J connectivity index is 1.10. The lowest BCUT2D eigenvalue weighted by atomic mass is 9.93. The molecule has 11 aromatic rings. The van der Waals surface area contributed by atoms with Crippen LogP contribution in [0.5, 0.6) is 0 Å². The molecule has 11 rings (SSSR count). The van der Waals surface area contributed by atoms with E-state index in [2.05, 4.69) is 216 Å². The van der Waals surface area contributed by atoms with E-state index in [0.29, 0.717) is 0 Å². The average Bonchev–Trinajstić information content (AvgIpc) is 3.58.